The van der Waals surface area contributed by atoms with Gasteiger partial charge in [-0.15, -0.1) is 0 Å². The molecule has 0 spiro atoms. The number of nitrogens with zero attached hydrogens (tertiary/aromatic N) is 3. The molecule has 32 heavy (non-hydrogen) atoms. The number of aromatic nitrogens is 2. The molecule has 4 rings (SSSR count). The normalized spacial score (nSPS) is 14.6. The molecular weight excluding hydrogens is 414 g/mol. The van der Waals surface area contributed by atoms with Crippen LogP contribution in [-0.4, -0.2) is 33.6 Å². The van der Waals surface area contributed by atoms with Gasteiger partial charge in [0.2, 0.25) is 5.91 Å². The summed E-state index contributed by atoms with van der Waals surface area (Å²) in [4.78, 5) is 35.5. The van der Waals surface area contributed by atoms with Crippen molar-refractivity contribution in [1.29, 1.82) is 0 Å². The molecule has 164 valence electrons. The van der Waals surface area contributed by atoms with E-state index in [1.165, 1.54) is 24.3 Å². The Kier molecular flexibility index (Phi) is 5.59. The number of nitro benzene ring substituents is 1. The van der Waals surface area contributed by atoms with Gasteiger partial charge in [-0.3, -0.25) is 19.7 Å². The zero-order valence-electron chi connectivity index (χ0n) is 17.5. The summed E-state index contributed by atoms with van der Waals surface area (Å²) in [7, 11) is 1.59. The highest BCUT2D eigenvalue weighted by atomic mass is 16.6. The van der Waals surface area contributed by atoms with E-state index in [4.69, 9.17) is 4.74 Å². The van der Waals surface area contributed by atoms with Gasteiger partial charge in [-0.1, -0.05) is 19.1 Å². The standard InChI is InChI=1S/C22H21N5O5/c1-3-17-20(13-4-10-16(32-2)11-5-13)21-24-22(29)18(26(21)25-17)12-19(28)23-14-6-8-15(9-7-14)27(30)31/h4-11,18H,3,12H2,1-2H3,(H,23,28)(H,24,29). The third-order valence-electron chi connectivity index (χ3n) is 5.28. The minimum atomic E-state index is -0.791. The summed E-state index contributed by atoms with van der Waals surface area (Å²) in [6.07, 6.45) is 0.529. The second-order valence-corrected chi connectivity index (χ2v) is 7.26. The fourth-order valence-electron chi connectivity index (χ4n) is 3.68. The molecule has 0 radical (unpaired) electrons. The van der Waals surface area contributed by atoms with Gasteiger partial charge >= 0.3 is 0 Å². The summed E-state index contributed by atoms with van der Waals surface area (Å²) in [6.45, 7) is 1.98. The van der Waals surface area contributed by atoms with E-state index in [1.54, 1.807) is 11.8 Å². The molecule has 2 N–H and O–H groups in total. The molecular formula is C22H21N5O5. The van der Waals surface area contributed by atoms with Crippen LogP contribution in [-0.2, 0) is 16.0 Å². The number of amides is 2. The number of nitro groups is 1. The fraction of sp³-hybridized carbons (Fsp3) is 0.227. The number of rotatable bonds is 7. The van der Waals surface area contributed by atoms with Crippen molar-refractivity contribution < 1.29 is 19.2 Å². The van der Waals surface area contributed by atoms with E-state index in [0.717, 1.165) is 22.6 Å². The average Bonchev–Trinajstić information content (AvgIpc) is 3.29. The number of hydrogen-bond donors (Lipinski definition) is 2. The third kappa shape index (κ3) is 3.89. The Hall–Kier alpha value is -4.21. The van der Waals surface area contributed by atoms with Crippen LogP contribution in [0, 0.1) is 10.1 Å². The maximum Gasteiger partial charge on any atom is 0.269 e. The van der Waals surface area contributed by atoms with Crippen molar-refractivity contribution >= 4 is 29.0 Å². The molecule has 1 aromatic heterocycles. The van der Waals surface area contributed by atoms with Gasteiger partial charge < -0.3 is 15.4 Å². The highest BCUT2D eigenvalue weighted by molar-refractivity contribution is 6.04. The number of hydrogen-bond acceptors (Lipinski definition) is 6. The minimum Gasteiger partial charge on any atom is -0.497 e. The Labute approximate surface area is 183 Å². The largest absolute Gasteiger partial charge is 0.497 e. The Balaban J connectivity index is 1.56. The summed E-state index contributed by atoms with van der Waals surface area (Å²) >= 11 is 0. The molecule has 2 amide bonds. The van der Waals surface area contributed by atoms with Gasteiger partial charge in [0.25, 0.3) is 11.6 Å². The first kappa shape index (κ1) is 21.0. The van der Waals surface area contributed by atoms with Crippen molar-refractivity contribution in [3.05, 3.63) is 64.3 Å². The van der Waals surface area contributed by atoms with Gasteiger partial charge in [0.15, 0.2) is 0 Å². The van der Waals surface area contributed by atoms with Crippen LogP contribution in [0.3, 0.4) is 0 Å². The van der Waals surface area contributed by atoms with Crippen molar-refractivity contribution in [2.45, 2.75) is 25.8 Å². The van der Waals surface area contributed by atoms with Crippen molar-refractivity contribution in [2.75, 3.05) is 17.7 Å². The predicted molar refractivity (Wildman–Crippen MR) is 118 cm³/mol. The van der Waals surface area contributed by atoms with Gasteiger partial charge in [-0.25, -0.2) is 4.68 Å². The first-order chi connectivity index (χ1) is 15.4. The molecule has 2 heterocycles. The number of benzene rings is 2. The first-order valence-corrected chi connectivity index (χ1v) is 10.0. The molecule has 1 aliphatic heterocycles. The summed E-state index contributed by atoms with van der Waals surface area (Å²) in [5, 5.41) is 20.9. The molecule has 0 saturated heterocycles. The predicted octanol–water partition coefficient (Wildman–Crippen LogP) is 3.55. The third-order valence-corrected chi connectivity index (χ3v) is 5.28. The number of carbonyl (C=O) groups is 2. The zero-order valence-corrected chi connectivity index (χ0v) is 17.5. The molecule has 10 nitrogen and oxygen atoms in total. The maximum atomic E-state index is 12.6. The highest BCUT2D eigenvalue weighted by Crippen LogP contribution is 2.39. The fourth-order valence-corrected chi connectivity index (χ4v) is 3.68. The van der Waals surface area contributed by atoms with Gasteiger partial charge in [-0.05, 0) is 36.2 Å². The topological polar surface area (TPSA) is 128 Å². The number of ether oxygens (including phenoxy) is 1. The minimum absolute atomic E-state index is 0.0718. The molecule has 0 aliphatic carbocycles. The Morgan fingerprint density at radius 3 is 2.50 bits per heavy atom. The number of anilines is 2. The van der Waals surface area contributed by atoms with Crippen LogP contribution < -0.4 is 15.4 Å². The Morgan fingerprint density at radius 1 is 1.22 bits per heavy atom. The Morgan fingerprint density at radius 2 is 1.91 bits per heavy atom. The number of aryl methyl sites for hydroxylation is 1. The molecule has 3 aromatic rings. The van der Waals surface area contributed by atoms with E-state index in [9.17, 15) is 19.7 Å². The van der Waals surface area contributed by atoms with Crippen LogP contribution >= 0.6 is 0 Å². The lowest BCUT2D eigenvalue weighted by molar-refractivity contribution is -0.384. The first-order valence-electron chi connectivity index (χ1n) is 10.0. The second-order valence-electron chi connectivity index (χ2n) is 7.26. The molecule has 1 atom stereocenters. The lowest BCUT2D eigenvalue weighted by atomic mass is 10.0. The summed E-state index contributed by atoms with van der Waals surface area (Å²) in [6, 6.07) is 12.2. The quantitative estimate of drug-likeness (QED) is 0.431. The second kappa shape index (κ2) is 8.50. The smallest absolute Gasteiger partial charge is 0.269 e. The van der Waals surface area contributed by atoms with Crippen LogP contribution in [0.4, 0.5) is 17.2 Å². The van der Waals surface area contributed by atoms with Crippen LogP contribution in [0.5, 0.6) is 5.75 Å². The molecule has 2 aromatic carbocycles. The van der Waals surface area contributed by atoms with E-state index in [0.29, 0.717) is 17.9 Å². The van der Waals surface area contributed by atoms with Crippen molar-refractivity contribution in [1.82, 2.24) is 9.78 Å². The van der Waals surface area contributed by atoms with E-state index in [-0.39, 0.29) is 18.0 Å². The van der Waals surface area contributed by atoms with Gasteiger partial charge in [0, 0.05) is 23.4 Å². The van der Waals surface area contributed by atoms with Crippen LogP contribution in [0.1, 0.15) is 25.1 Å². The number of fused-ring (bicyclic) bond motifs is 1. The van der Waals surface area contributed by atoms with Gasteiger partial charge in [0.1, 0.15) is 17.6 Å². The molecule has 0 fully saturated rings. The number of carbonyl (C=O) groups excluding carboxylic acids is 2. The maximum absolute atomic E-state index is 12.6. The van der Waals surface area contributed by atoms with E-state index >= 15 is 0 Å². The van der Waals surface area contributed by atoms with Crippen molar-refractivity contribution in [2.24, 2.45) is 0 Å². The summed E-state index contributed by atoms with van der Waals surface area (Å²) < 4.78 is 6.78. The number of methoxy groups -OCH3 is 1. The average molecular weight is 435 g/mol. The summed E-state index contributed by atoms with van der Waals surface area (Å²) in [5.41, 5.74) is 2.86. The lowest BCUT2D eigenvalue weighted by Gasteiger charge is -2.10. The molecule has 1 aliphatic rings. The SMILES string of the molecule is CCc1nn2c(c1-c1ccc(OC)cc1)NC(=O)C2CC(=O)Nc1ccc([N+](=O)[O-])cc1. The van der Waals surface area contributed by atoms with E-state index in [2.05, 4.69) is 15.7 Å². The van der Waals surface area contributed by atoms with Gasteiger partial charge in [0.05, 0.1) is 24.1 Å². The van der Waals surface area contributed by atoms with E-state index in [1.807, 2.05) is 31.2 Å². The highest BCUT2D eigenvalue weighted by Gasteiger charge is 2.36. The van der Waals surface area contributed by atoms with Crippen molar-refractivity contribution in [3.8, 4) is 16.9 Å². The Bertz CT molecular complexity index is 1180. The van der Waals surface area contributed by atoms with Crippen LogP contribution in [0.25, 0.3) is 11.1 Å². The molecule has 0 bridgehead atoms. The summed E-state index contributed by atoms with van der Waals surface area (Å²) in [5.74, 6) is 0.570. The van der Waals surface area contributed by atoms with Crippen molar-refractivity contribution in [3.63, 3.8) is 0 Å². The monoisotopic (exact) mass is 435 g/mol. The van der Waals surface area contributed by atoms with E-state index < -0.39 is 16.9 Å². The molecule has 0 saturated carbocycles. The molecule has 10 heteroatoms. The number of nitrogens with one attached hydrogen (secondary N) is 2. The lowest BCUT2D eigenvalue weighted by Crippen LogP contribution is -2.23. The molecule has 1 unspecified atom stereocenters. The number of non-ortho nitro benzene ring substituents is 1. The zero-order chi connectivity index (χ0) is 22.8. The van der Waals surface area contributed by atoms with Crippen LogP contribution in [0.15, 0.2) is 48.5 Å². The van der Waals surface area contributed by atoms with Gasteiger partial charge in [-0.2, -0.15) is 5.10 Å². The van der Waals surface area contributed by atoms with Crippen LogP contribution in [0.2, 0.25) is 0 Å².